The Bertz CT molecular complexity index is 223. The third-order valence-electron chi connectivity index (χ3n) is 2.48. The van der Waals surface area contributed by atoms with Crippen LogP contribution in [-0.4, -0.2) is 6.54 Å². The van der Waals surface area contributed by atoms with Crippen LogP contribution in [0.3, 0.4) is 0 Å². The predicted octanol–water partition coefficient (Wildman–Crippen LogP) is -0.666. The third-order valence-corrected chi connectivity index (χ3v) is 2.48. The predicted molar refractivity (Wildman–Crippen MR) is 61.1 cm³/mol. The maximum atomic E-state index is 2.41. The summed E-state index contributed by atoms with van der Waals surface area (Å²) >= 11 is 0. The SMILES string of the molecule is CCCCCC[NH2+]Cc1ccccc1.[I-]. The summed E-state index contributed by atoms with van der Waals surface area (Å²) in [6, 6.07) is 10.7. The van der Waals surface area contributed by atoms with E-state index >= 15 is 0 Å². The van der Waals surface area contributed by atoms with Gasteiger partial charge in [-0.2, -0.15) is 0 Å². The number of nitrogens with two attached hydrogens (primary N) is 1. The number of benzene rings is 1. The fourth-order valence-electron chi connectivity index (χ4n) is 1.60. The van der Waals surface area contributed by atoms with E-state index in [2.05, 4.69) is 42.6 Å². The molecule has 2 N–H and O–H groups in total. The van der Waals surface area contributed by atoms with Gasteiger partial charge in [0.25, 0.3) is 0 Å². The van der Waals surface area contributed by atoms with Gasteiger partial charge >= 0.3 is 0 Å². The first-order chi connectivity index (χ1) is 6.93. The van der Waals surface area contributed by atoms with Crippen LogP contribution in [0.5, 0.6) is 0 Å². The fourth-order valence-corrected chi connectivity index (χ4v) is 1.60. The molecule has 0 aliphatic heterocycles. The zero-order chi connectivity index (χ0) is 10.1. The normalized spacial score (nSPS) is 9.67. The van der Waals surface area contributed by atoms with Crippen LogP contribution in [0.1, 0.15) is 38.2 Å². The Kier molecular flexibility index (Phi) is 10.4. The fraction of sp³-hybridized carbons (Fsp3) is 0.538. The average Bonchev–Trinajstić information content (AvgIpc) is 2.25. The molecule has 0 aliphatic carbocycles. The van der Waals surface area contributed by atoms with E-state index < -0.39 is 0 Å². The maximum absolute atomic E-state index is 2.41. The van der Waals surface area contributed by atoms with Crippen molar-refractivity contribution in [1.82, 2.24) is 0 Å². The minimum absolute atomic E-state index is 0. The summed E-state index contributed by atoms with van der Waals surface area (Å²) in [5.41, 5.74) is 1.43. The van der Waals surface area contributed by atoms with Gasteiger partial charge in [0.2, 0.25) is 0 Å². The Morgan fingerprint density at radius 2 is 1.73 bits per heavy atom. The molecule has 1 rings (SSSR count). The van der Waals surface area contributed by atoms with Crippen LogP contribution in [0, 0.1) is 0 Å². The number of hydrogen-bond acceptors (Lipinski definition) is 0. The molecule has 1 aromatic rings. The first kappa shape index (κ1) is 14.9. The van der Waals surface area contributed by atoms with Crippen LogP contribution in [0.2, 0.25) is 0 Å². The van der Waals surface area contributed by atoms with E-state index in [1.807, 2.05) is 0 Å². The lowest BCUT2D eigenvalue weighted by Gasteiger charge is -2.01. The van der Waals surface area contributed by atoms with Gasteiger partial charge in [0.15, 0.2) is 0 Å². The second-order valence-corrected chi connectivity index (χ2v) is 3.83. The molecule has 0 bridgehead atoms. The molecule has 0 fully saturated rings. The topological polar surface area (TPSA) is 16.6 Å². The van der Waals surface area contributed by atoms with Crippen molar-refractivity contribution in [2.75, 3.05) is 6.54 Å². The Morgan fingerprint density at radius 3 is 2.40 bits per heavy atom. The second-order valence-electron chi connectivity index (χ2n) is 3.83. The van der Waals surface area contributed by atoms with E-state index in [0.717, 1.165) is 6.54 Å². The van der Waals surface area contributed by atoms with Crippen LogP contribution in [0.15, 0.2) is 30.3 Å². The zero-order valence-corrected chi connectivity index (χ0v) is 11.7. The molecule has 0 aliphatic rings. The number of unbranched alkanes of at least 4 members (excludes halogenated alkanes) is 3. The lowest BCUT2D eigenvalue weighted by molar-refractivity contribution is -0.671. The summed E-state index contributed by atoms with van der Waals surface area (Å²) in [5, 5.41) is 2.41. The van der Waals surface area contributed by atoms with Gasteiger partial charge in [-0.3, -0.25) is 0 Å². The average molecular weight is 319 g/mol. The molecule has 0 amide bonds. The number of rotatable bonds is 7. The molecule has 0 aromatic heterocycles. The van der Waals surface area contributed by atoms with Crippen LogP contribution in [0.25, 0.3) is 0 Å². The lowest BCUT2D eigenvalue weighted by Crippen LogP contribution is -3.00. The van der Waals surface area contributed by atoms with Gasteiger partial charge in [-0.25, -0.2) is 0 Å². The number of halogens is 1. The van der Waals surface area contributed by atoms with E-state index in [9.17, 15) is 0 Å². The lowest BCUT2D eigenvalue weighted by atomic mass is 10.2. The van der Waals surface area contributed by atoms with E-state index in [1.165, 1.54) is 37.8 Å². The Labute approximate surface area is 111 Å². The molecule has 0 spiro atoms. The van der Waals surface area contributed by atoms with Crippen molar-refractivity contribution in [3.05, 3.63) is 35.9 Å². The molecule has 0 saturated carbocycles. The molecule has 1 nitrogen and oxygen atoms in total. The molecule has 0 atom stereocenters. The van der Waals surface area contributed by atoms with Crippen molar-refractivity contribution >= 4 is 0 Å². The summed E-state index contributed by atoms with van der Waals surface area (Å²) in [5.74, 6) is 0. The van der Waals surface area contributed by atoms with Crippen molar-refractivity contribution < 1.29 is 29.3 Å². The minimum Gasteiger partial charge on any atom is -1.00 e. The van der Waals surface area contributed by atoms with Crippen molar-refractivity contribution in [2.45, 2.75) is 39.2 Å². The van der Waals surface area contributed by atoms with Gasteiger partial charge in [-0.15, -0.1) is 0 Å². The van der Waals surface area contributed by atoms with Crippen LogP contribution < -0.4 is 29.3 Å². The van der Waals surface area contributed by atoms with Gasteiger partial charge in [-0.05, 0) is 12.8 Å². The third kappa shape index (κ3) is 7.79. The minimum atomic E-state index is 0. The monoisotopic (exact) mass is 319 g/mol. The molecular weight excluding hydrogens is 297 g/mol. The van der Waals surface area contributed by atoms with Crippen LogP contribution in [-0.2, 0) is 6.54 Å². The van der Waals surface area contributed by atoms with Gasteiger partial charge in [0.05, 0.1) is 6.54 Å². The molecule has 2 heteroatoms. The van der Waals surface area contributed by atoms with Crippen molar-refractivity contribution in [1.29, 1.82) is 0 Å². The van der Waals surface area contributed by atoms with Crippen molar-refractivity contribution in [3.63, 3.8) is 0 Å². The molecule has 0 saturated heterocycles. The quantitative estimate of drug-likeness (QED) is 0.507. The zero-order valence-electron chi connectivity index (χ0n) is 9.58. The van der Waals surface area contributed by atoms with Crippen molar-refractivity contribution in [3.8, 4) is 0 Å². The van der Waals surface area contributed by atoms with E-state index in [1.54, 1.807) is 0 Å². The van der Waals surface area contributed by atoms with Gasteiger partial charge in [0, 0.05) is 5.56 Å². The summed E-state index contributed by atoms with van der Waals surface area (Å²) in [4.78, 5) is 0. The molecule has 86 valence electrons. The molecule has 1 aromatic carbocycles. The Morgan fingerprint density at radius 1 is 1.00 bits per heavy atom. The summed E-state index contributed by atoms with van der Waals surface area (Å²) in [6.45, 7) is 4.66. The molecule has 15 heavy (non-hydrogen) atoms. The van der Waals surface area contributed by atoms with E-state index in [4.69, 9.17) is 0 Å². The largest absolute Gasteiger partial charge is 1.00 e. The first-order valence-corrected chi connectivity index (χ1v) is 5.79. The first-order valence-electron chi connectivity index (χ1n) is 5.79. The summed E-state index contributed by atoms with van der Waals surface area (Å²) < 4.78 is 0. The van der Waals surface area contributed by atoms with E-state index in [-0.39, 0.29) is 24.0 Å². The van der Waals surface area contributed by atoms with E-state index in [0.29, 0.717) is 0 Å². The molecule has 0 heterocycles. The highest BCUT2D eigenvalue weighted by Crippen LogP contribution is 1.96. The Balaban J connectivity index is 0.00000196. The van der Waals surface area contributed by atoms with Gasteiger partial charge in [0.1, 0.15) is 6.54 Å². The van der Waals surface area contributed by atoms with Crippen LogP contribution in [0.4, 0.5) is 0 Å². The van der Waals surface area contributed by atoms with Gasteiger partial charge < -0.3 is 29.3 Å². The molecular formula is C13H22IN. The smallest absolute Gasteiger partial charge is 0.101 e. The highest BCUT2D eigenvalue weighted by molar-refractivity contribution is 5.12. The molecule has 0 unspecified atom stereocenters. The molecule has 0 radical (unpaired) electrons. The highest BCUT2D eigenvalue weighted by Gasteiger charge is 1.93. The maximum Gasteiger partial charge on any atom is 0.101 e. The number of hydrogen-bond donors (Lipinski definition) is 1. The summed E-state index contributed by atoms with van der Waals surface area (Å²) in [7, 11) is 0. The number of quaternary nitrogens is 1. The summed E-state index contributed by atoms with van der Waals surface area (Å²) in [6.07, 6.45) is 5.47. The van der Waals surface area contributed by atoms with Crippen molar-refractivity contribution in [2.24, 2.45) is 0 Å². The highest BCUT2D eigenvalue weighted by atomic mass is 127. The standard InChI is InChI=1S/C13H21N.HI/c1-2-3-4-8-11-14-12-13-9-6-5-7-10-13;/h5-7,9-10,14H,2-4,8,11-12H2,1H3;1H. The second kappa shape index (κ2) is 10.4. The van der Waals surface area contributed by atoms with Crippen LogP contribution >= 0.6 is 0 Å². The van der Waals surface area contributed by atoms with Gasteiger partial charge in [-0.1, -0.05) is 50.1 Å². The Hall–Kier alpha value is -0.0900.